The molecule has 0 aliphatic heterocycles. The van der Waals surface area contributed by atoms with Crippen LogP contribution in [0.4, 0.5) is 0 Å². The second kappa shape index (κ2) is 9.64. The van der Waals surface area contributed by atoms with Crippen molar-refractivity contribution in [3.63, 3.8) is 0 Å². The van der Waals surface area contributed by atoms with Gasteiger partial charge in [0.2, 0.25) is 15.9 Å². The van der Waals surface area contributed by atoms with E-state index in [2.05, 4.69) is 10.0 Å². The van der Waals surface area contributed by atoms with Crippen LogP contribution in [-0.2, 0) is 19.6 Å². The second-order valence-corrected chi connectivity index (χ2v) is 7.35. The summed E-state index contributed by atoms with van der Waals surface area (Å²) >= 11 is 0. The van der Waals surface area contributed by atoms with Gasteiger partial charge in [0.25, 0.3) is 0 Å². The second-order valence-electron chi connectivity index (χ2n) is 5.58. The molecule has 0 saturated carbocycles. The molecular formula is C16H26N2O4S. The van der Waals surface area contributed by atoms with Gasteiger partial charge in [-0.2, -0.15) is 0 Å². The third-order valence-electron chi connectivity index (χ3n) is 3.07. The number of carbonyl (C=O) groups is 1. The zero-order chi connectivity index (χ0) is 17.3. The van der Waals surface area contributed by atoms with E-state index >= 15 is 0 Å². The van der Waals surface area contributed by atoms with E-state index < -0.39 is 10.0 Å². The van der Waals surface area contributed by atoms with Crippen molar-refractivity contribution in [2.45, 2.75) is 44.6 Å². The predicted molar refractivity (Wildman–Crippen MR) is 89.7 cm³/mol. The van der Waals surface area contributed by atoms with Crippen LogP contribution in [0.15, 0.2) is 29.2 Å². The summed E-state index contributed by atoms with van der Waals surface area (Å²) < 4.78 is 31.9. The van der Waals surface area contributed by atoms with Gasteiger partial charge in [0.1, 0.15) is 0 Å². The highest BCUT2D eigenvalue weighted by molar-refractivity contribution is 7.89. The Kier molecular flexibility index (Phi) is 8.22. The maximum atomic E-state index is 12.0. The first-order valence-electron chi connectivity index (χ1n) is 7.76. The summed E-state index contributed by atoms with van der Waals surface area (Å²) in [4.78, 5) is 11.8. The quantitative estimate of drug-likeness (QED) is 0.633. The lowest BCUT2D eigenvalue weighted by Crippen LogP contribution is -2.31. The van der Waals surface area contributed by atoms with Crippen molar-refractivity contribution in [2.24, 2.45) is 0 Å². The summed E-state index contributed by atoms with van der Waals surface area (Å²) in [5.41, 5.74) is 0.991. The number of amides is 1. The van der Waals surface area contributed by atoms with Crippen LogP contribution in [0, 0.1) is 6.92 Å². The smallest absolute Gasteiger partial charge is 0.240 e. The van der Waals surface area contributed by atoms with E-state index in [4.69, 9.17) is 4.74 Å². The number of benzene rings is 1. The Morgan fingerprint density at radius 1 is 1.17 bits per heavy atom. The Morgan fingerprint density at radius 2 is 1.83 bits per heavy atom. The molecule has 0 aliphatic carbocycles. The number of hydrogen-bond acceptors (Lipinski definition) is 4. The summed E-state index contributed by atoms with van der Waals surface area (Å²) in [6.07, 6.45) is 1.02. The molecule has 0 unspecified atom stereocenters. The summed E-state index contributed by atoms with van der Waals surface area (Å²) in [6.45, 7) is 7.00. The molecule has 0 aromatic heterocycles. The van der Waals surface area contributed by atoms with Crippen molar-refractivity contribution in [3.05, 3.63) is 29.8 Å². The number of rotatable bonds is 10. The molecule has 0 fully saturated rings. The molecule has 1 aromatic carbocycles. The van der Waals surface area contributed by atoms with Crippen molar-refractivity contribution in [1.29, 1.82) is 0 Å². The number of nitrogens with one attached hydrogen (secondary N) is 2. The van der Waals surface area contributed by atoms with Crippen LogP contribution in [0.5, 0.6) is 0 Å². The van der Waals surface area contributed by atoms with Gasteiger partial charge < -0.3 is 10.1 Å². The highest BCUT2D eigenvalue weighted by atomic mass is 32.2. The summed E-state index contributed by atoms with van der Waals surface area (Å²) in [5.74, 6) is -0.179. The zero-order valence-corrected chi connectivity index (χ0v) is 14.8. The third kappa shape index (κ3) is 8.11. The number of sulfonamides is 1. The van der Waals surface area contributed by atoms with Crippen molar-refractivity contribution in [3.8, 4) is 0 Å². The molecule has 6 nitrogen and oxygen atoms in total. The molecule has 0 atom stereocenters. The SMILES string of the molecule is Cc1ccc(S(=O)(=O)NCCC(=O)NCCCOC(C)C)cc1. The molecule has 1 aromatic rings. The van der Waals surface area contributed by atoms with Gasteiger partial charge in [-0.05, 0) is 39.3 Å². The fourth-order valence-electron chi connectivity index (χ4n) is 1.81. The minimum Gasteiger partial charge on any atom is -0.379 e. The zero-order valence-electron chi connectivity index (χ0n) is 14.0. The molecule has 130 valence electrons. The van der Waals surface area contributed by atoms with Gasteiger partial charge in [0, 0.05) is 26.1 Å². The average molecular weight is 342 g/mol. The fourth-order valence-corrected chi connectivity index (χ4v) is 2.84. The van der Waals surface area contributed by atoms with Gasteiger partial charge in [-0.3, -0.25) is 4.79 Å². The highest BCUT2D eigenvalue weighted by Gasteiger charge is 2.13. The minimum absolute atomic E-state index is 0.0739. The summed E-state index contributed by atoms with van der Waals surface area (Å²) in [7, 11) is -3.56. The van der Waals surface area contributed by atoms with Gasteiger partial charge >= 0.3 is 0 Å². The lowest BCUT2D eigenvalue weighted by atomic mass is 10.2. The first kappa shape index (κ1) is 19.6. The van der Waals surface area contributed by atoms with Gasteiger partial charge in [-0.15, -0.1) is 0 Å². The van der Waals surface area contributed by atoms with E-state index in [0.29, 0.717) is 13.2 Å². The van der Waals surface area contributed by atoms with Gasteiger partial charge in [0.15, 0.2) is 0 Å². The fraction of sp³-hybridized carbons (Fsp3) is 0.562. The minimum atomic E-state index is -3.56. The van der Waals surface area contributed by atoms with Gasteiger partial charge in [0.05, 0.1) is 11.0 Å². The van der Waals surface area contributed by atoms with Crippen molar-refractivity contribution in [2.75, 3.05) is 19.7 Å². The molecule has 0 heterocycles. The van der Waals surface area contributed by atoms with E-state index in [-0.39, 0.29) is 29.9 Å². The Morgan fingerprint density at radius 3 is 2.43 bits per heavy atom. The Labute approximate surface area is 138 Å². The number of carbonyl (C=O) groups excluding carboxylic acids is 1. The molecule has 7 heteroatoms. The van der Waals surface area contributed by atoms with Crippen LogP contribution in [0.1, 0.15) is 32.3 Å². The summed E-state index contributed by atoms with van der Waals surface area (Å²) in [5, 5.41) is 2.74. The van der Waals surface area contributed by atoms with Crippen LogP contribution in [0.3, 0.4) is 0 Å². The highest BCUT2D eigenvalue weighted by Crippen LogP contribution is 2.09. The Bertz CT molecular complexity index is 583. The molecule has 2 N–H and O–H groups in total. The lowest BCUT2D eigenvalue weighted by molar-refractivity contribution is -0.120. The van der Waals surface area contributed by atoms with E-state index in [9.17, 15) is 13.2 Å². The topological polar surface area (TPSA) is 84.5 Å². The molecule has 0 saturated heterocycles. The van der Waals surface area contributed by atoms with Crippen molar-refractivity contribution < 1.29 is 17.9 Å². The van der Waals surface area contributed by atoms with E-state index in [1.165, 1.54) is 0 Å². The lowest BCUT2D eigenvalue weighted by Gasteiger charge is -2.09. The van der Waals surface area contributed by atoms with E-state index in [1.807, 2.05) is 20.8 Å². The molecule has 0 spiro atoms. The largest absolute Gasteiger partial charge is 0.379 e. The van der Waals surface area contributed by atoms with Crippen LogP contribution in [0.25, 0.3) is 0 Å². The molecule has 1 amide bonds. The summed E-state index contributed by atoms with van der Waals surface area (Å²) in [6, 6.07) is 6.57. The van der Waals surface area contributed by atoms with Crippen LogP contribution < -0.4 is 10.0 Å². The van der Waals surface area contributed by atoms with Crippen molar-refractivity contribution >= 4 is 15.9 Å². The molecule has 0 radical (unpaired) electrons. The molecule has 1 rings (SSSR count). The van der Waals surface area contributed by atoms with Crippen LogP contribution in [0.2, 0.25) is 0 Å². The van der Waals surface area contributed by atoms with E-state index in [0.717, 1.165) is 12.0 Å². The molecule has 0 bridgehead atoms. The van der Waals surface area contributed by atoms with Crippen LogP contribution in [-0.4, -0.2) is 40.1 Å². The Hall–Kier alpha value is -1.44. The third-order valence-corrected chi connectivity index (χ3v) is 4.55. The molecule has 23 heavy (non-hydrogen) atoms. The van der Waals surface area contributed by atoms with Gasteiger partial charge in [-0.1, -0.05) is 17.7 Å². The maximum Gasteiger partial charge on any atom is 0.240 e. The first-order chi connectivity index (χ1) is 10.8. The number of hydrogen-bond donors (Lipinski definition) is 2. The average Bonchev–Trinajstić information content (AvgIpc) is 2.46. The first-order valence-corrected chi connectivity index (χ1v) is 9.24. The number of ether oxygens (including phenoxy) is 1. The van der Waals surface area contributed by atoms with Crippen molar-refractivity contribution in [1.82, 2.24) is 10.0 Å². The van der Waals surface area contributed by atoms with Crippen LogP contribution >= 0.6 is 0 Å². The predicted octanol–water partition coefficient (Wildman–Crippen LogP) is 1.59. The Balaban J connectivity index is 2.25. The maximum absolute atomic E-state index is 12.0. The normalized spacial score (nSPS) is 11.7. The standard InChI is InChI=1S/C16H26N2O4S/c1-13(2)22-12-4-10-17-16(19)9-11-18-23(20,21)15-7-5-14(3)6-8-15/h5-8,13,18H,4,9-12H2,1-3H3,(H,17,19). The monoisotopic (exact) mass is 342 g/mol. The number of aryl methyl sites for hydroxylation is 1. The van der Waals surface area contributed by atoms with Gasteiger partial charge in [-0.25, -0.2) is 13.1 Å². The van der Waals surface area contributed by atoms with E-state index in [1.54, 1.807) is 24.3 Å². The molecular weight excluding hydrogens is 316 g/mol. The molecule has 0 aliphatic rings.